The topological polar surface area (TPSA) is 106 Å². The lowest BCUT2D eigenvalue weighted by Gasteiger charge is -2.23. The van der Waals surface area contributed by atoms with Gasteiger partial charge in [-0.25, -0.2) is 21.8 Å². The molecule has 0 unspecified atom stereocenters. The van der Waals surface area contributed by atoms with Gasteiger partial charge in [0.05, 0.1) is 23.4 Å². The van der Waals surface area contributed by atoms with Crippen molar-refractivity contribution in [2.75, 3.05) is 22.7 Å². The highest BCUT2D eigenvalue weighted by atomic mass is 35.5. The van der Waals surface area contributed by atoms with E-state index < -0.39 is 20.0 Å². The summed E-state index contributed by atoms with van der Waals surface area (Å²) in [6.07, 6.45) is 1.36. The lowest BCUT2D eigenvalue weighted by atomic mass is 10.3. The molecular formula is C20H20ClN3O5S2. The molecule has 0 aliphatic rings. The van der Waals surface area contributed by atoms with Gasteiger partial charge in [0.15, 0.2) is 0 Å². The largest absolute Gasteiger partial charge is 0.495 e. The number of methoxy groups -OCH3 is 1. The monoisotopic (exact) mass is 481 g/mol. The maximum Gasteiger partial charge on any atom is 0.265 e. The zero-order chi connectivity index (χ0) is 22.6. The van der Waals surface area contributed by atoms with Crippen LogP contribution in [0, 0.1) is 0 Å². The van der Waals surface area contributed by atoms with Gasteiger partial charge in [-0.15, -0.1) is 0 Å². The summed E-state index contributed by atoms with van der Waals surface area (Å²) in [6.45, 7) is 1.90. The molecular weight excluding hydrogens is 462 g/mol. The van der Waals surface area contributed by atoms with Gasteiger partial charge < -0.3 is 4.74 Å². The van der Waals surface area contributed by atoms with Crippen LogP contribution in [0.15, 0.2) is 76.7 Å². The Morgan fingerprint density at radius 3 is 2.35 bits per heavy atom. The third kappa shape index (κ3) is 4.76. The number of sulfonamides is 2. The van der Waals surface area contributed by atoms with Crippen LogP contribution in [0.4, 0.5) is 11.4 Å². The molecule has 164 valence electrons. The minimum Gasteiger partial charge on any atom is -0.495 e. The number of halogens is 1. The Hall–Kier alpha value is -2.82. The Kier molecular flexibility index (Phi) is 6.73. The van der Waals surface area contributed by atoms with Crippen LogP contribution in [-0.4, -0.2) is 35.5 Å². The first kappa shape index (κ1) is 22.9. The number of nitrogens with one attached hydrogen (secondary N) is 1. The minimum absolute atomic E-state index is 0.0485. The van der Waals surface area contributed by atoms with Gasteiger partial charge in [0.2, 0.25) is 0 Å². The first-order chi connectivity index (χ1) is 14.7. The van der Waals surface area contributed by atoms with Crippen molar-refractivity contribution < 1.29 is 21.6 Å². The van der Waals surface area contributed by atoms with Crippen LogP contribution in [0.3, 0.4) is 0 Å². The fraction of sp³-hybridized carbons (Fsp3) is 0.150. The molecule has 0 saturated heterocycles. The summed E-state index contributed by atoms with van der Waals surface area (Å²) in [5, 5.41) is -0.209. The van der Waals surface area contributed by atoms with E-state index in [1.165, 1.54) is 47.9 Å². The van der Waals surface area contributed by atoms with Crippen molar-refractivity contribution in [1.82, 2.24) is 4.98 Å². The highest BCUT2D eigenvalue weighted by Gasteiger charge is 2.26. The molecule has 3 aromatic rings. The van der Waals surface area contributed by atoms with Crippen molar-refractivity contribution >= 4 is 43.0 Å². The molecule has 0 amide bonds. The fourth-order valence-corrected chi connectivity index (χ4v) is 5.93. The zero-order valence-electron chi connectivity index (χ0n) is 16.7. The Morgan fingerprint density at radius 1 is 1.03 bits per heavy atom. The first-order valence-electron chi connectivity index (χ1n) is 9.10. The van der Waals surface area contributed by atoms with Crippen LogP contribution in [0.25, 0.3) is 0 Å². The molecule has 0 radical (unpaired) electrons. The van der Waals surface area contributed by atoms with Gasteiger partial charge in [-0.2, -0.15) is 0 Å². The highest BCUT2D eigenvalue weighted by molar-refractivity contribution is 7.93. The van der Waals surface area contributed by atoms with Crippen LogP contribution in [0.5, 0.6) is 5.75 Å². The SMILES string of the molecule is CCN(c1ccccc1)S(=O)(=O)c1ccc(OC)c(NS(=O)(=O)c2cccnc2Cl)c1. The van der Waals surface area contributed by atoms with E-state index in [1.807, 2.05) is 0 Å². The Labute approximate surface area is 186 Å². The van der Waals surface area contributed by atoms with E-state index >= 15 is 0 Å². The van der Waals surface area contributed by atoms with Gasteiger partial charge >= 0.3 is 0 Å². The number of para-hydroxylation sites is 1. The molecule has 31 heavy (non-hydrogen) atoms. The van der Waals surface area contributed by atoms with E-state index in [1.54, 1.807) is 37.3 Å². The number of rotatable bonds is 8. The summed E-state index contributed by atoms with van der Waals surface area (Å²) >= 11 is 5.92. The second-order valence-corrected chi connectivity index (χ2v) is 10.1. The van der Waals surface area contributed by atoms with Crippen molar-refractivity contribution in [3.63, 3.8) is 0 Å². The highest BCUT2D eigenvalue weighted by Crippen LogP contribution is 2.32. The lowest BCUT2D eigenvalue weighted by molar-refractivity contribution is 0.416. The number of anilines is 2. The summed E-state index contributed by atoms with van der Waals surface area (Å²) in [7, 11) is -6.78. The molecule has 1 aromatic heterocycles. The lowest BCUT2D eigenvalue weighted by Crippen LogP contribution is -2.30. The van der Waals surface area contributed by atoms with Crippen molar-refractivity contribution in [3.8, 4) is 5.75 Å². The average molecular weight is 482 g/mol. The molecule has 0 atom stereocenters. The zero-order valence-corrected chi connectivity index (χ0v) is 19.1. The van der Waals surface area contributed by atoms with E-state index in [-0.39, 0.29) is 32.9 Å². The Morgan fingerprint density at radius 2 is 1.74 bits per heavy atom. The molecule has 2 aromatic carbocycles. The van der Waals surface area contributed by atoms with Gasteiger partial charge in [0.1, 0.15) is 15.8 Å². The van der Waals surface area contributed by atoms with E-state index in [2.05, 4.69) is 9.71 Å². The second-order valence-electron chi connectivity index (χ2n) is 6.27. The molecule has 0 aliphatic carbocycles. The van der Waals surface area contributed by atoms with Crippen LogP contribution in [0.2, 0.25) is 5.15 Å². The normalized spacial score (nSPS) is 11.7. The number of benzene rings is 2. The molecule has 3 rings (SSSR count). The van der Waals surface area contributed by atoms with Crippen molar-refractivity contribution in [3.05, 3.63) is 72.0 Å². The van der Waals surface area contributed by atoms with Gasteiger partial charge in [0.25, 0.3) is 20.0 Å². The van der Waals surface area contributed by atoms with Crippen LogP contribution in [-0.2, 0) is 20.0 Å². The third-order valence-electron chi connectivity index (χ3n) is 4.35. The average Bonchev–Trinajstić information content (AvgIpc) is 2.74. The number of aromatic nitrogens is 1. The van der Waals surface area contributed by atoms with Gasteiger partial charge in [-0.05, 0) is 49.4 Å². The molecule has 8 nitrogen and oxygen atoms in total. The standard InChI is InChI=1S/C20H20ClN3O5S2/c1-3-24(15-8-5-4-6-9-15)31(27,28)16-11-12-18(29-2)17(14-16)23-30(25,26)19-10-7-13-22-20(19)21/h4-14,23H,3H2,1-2H3. The van der Waals surface area contributed by atoms with E-state index in [0.29, 0.717) is 5.69 Å². The molecule has 1 heterocycles. The molecule has 1 N–H and O–H groups in total. The number of hydrogen-bond acceptors (Lipinski definition) is 6. The molecule has 0 spiro atoms. The third-order valence-corrected chi connectivity index (χ3v) is 8.06. The molecule has 0 saturated carbocycles. The van der Waals surface area contributed by atoms with Crippen molar-refractivity contribution in [1.29, 1.82) is 0 Å². The smallest absolute Gasteiger partial charge is 0.265 e. The minimum atomic E-state index is -4.15. The molecule has 0 bridgehead atoms. The maximum absolute atomic E-state index is 13.3. The van der Waals surface area contributed by atoms with E-state index in [9.17, 15) is 16.8 Å². The Bertz CT molecular complexity index is 1280. The van der Waals surface area contributed by atoms with Crippen LogP contribution >= 0.6 is 11.6 Å². The van der Waals surface area contributed by atoms with Crippen LogP contribution in [0.1, 0.15) is 6.92 Å². The first-order valence-corrected chi connectivity index (χ1v) is 12.4. The summed E-state index contributed by atoms with van der Waals surface area (Å²) in [5.74, 6) is 0.144. The van der Waals surface area contributed by atoms with Crippen molar-refractivity contribution in [2.45, 2.75) is 16.7 Å². The summed E-state index contributed by atoms with van der Waals surface area (Å²) in [6, 6.07) is 15.3. The molecule has 11 heteroatoms. The van der Waals surface area contributed by atoms with Gasteiger partial charge in [-0.1, -0.05) is 29.8 Å². The fourth-order valence-electron chi connectivity index (χ4n) is 2.91. The predicted octanol–water partition coefficient (Wildman–Crippen LogP) is 3.76. The summed E-state index contributed by atoms with van der Waals surface area (Å²) < 4.78 is 61.0. The quantitative estimate of drug-likeness (QED) is 0.491. The number of pyridine rings is 1. The number of hydrogen-bond donors (Lipinski definition) is 1. The summed E-state index contributed by atoms with van der Waals surface area (Å²) in [5.41, 5.74) is 0.442. The Balaban J connectivity index is 2.06. The second kappa shape index (κ2) is 9.13. The van der Waals surface area contributed by atoms with E-state index in [0.717, 1.165) is 0 Å². The van der Waals surface area contributed by atoms with Gasteiger partial charge in [-0.3, -0.25) is 9.03 Å². The summed E-state index contributed by atoms with van der Waals surface area (Å²) in [4.78, 5) is 3.42. The van der Waals surface area contributed by atoms with E-state index in [4.69, 9.17) is 16.3 Å². The van der Waals surface area contributed by atoms with Crippen LogP contribution < -0.4 is 13.8 Å². The maximum atomic E-state index is 13.3. The van der Waals surface area contributed by atoms with Crippen molar-refractivity contribution in [2.24, 2.45) is 0 Å². The van der Waals surface area contributed by atoms with Gasteiger partial charge in [0, 0.05) is 12.7 Å². The molecule has 0 aliphatic heterocycles. The number of nitrogens with zero attached hydrogens (tertiary/aromatic N) is 2. The molecule has 0 fully saturated rings. The number of ether oxygens (including phenoxy) is 1. The predicted molar refractivity (Wildman–Crippen MR) is 120 cm³/mol.